The van der Waals surface area contributed by atoms with Crippen LogP contribution in [-0.4, -0.2) is 29.2 Å². The minimum Gasteiger partial charge on any atom is -0.225 e. The smallest absolute Gasteiger partial charge is 0.225 e. The topological polar surface area (TPSA) is 63.2 Å². The van der Waals surface area contributed by atoms with Crippen LogP contribution in [0.25, 0.3) is 0 Å². The fraction of sp³-hybridized carbons (Fsp3) is 0.273. The molecule has 3 rings (SSSR count). The van der Waals surface area contributed by atoms with Crippen molar-refractivity contribution < 1.29 is 8.42 Å². The first-order valence-electron chi connectivity index (χ1n) is 5.60. The molecule has 0 radical (unpaired) electrons. The van der Waals surface area contributed by atoms with Gasteiger partial charge in [0, 0.05) is 18.0 Å². The molecule has 0 aromatic carbocycles. The van der Waals surface area contributed by atoms with E-state index in [2.05, 4.69) is 9.97 Å². The summed E-state index contributed by atoms with van der Waals surface area (Å²) < 4.78 is 26.3. The molecule has 1 aliphatic heterocycles. The van der Waals surface area contributed by atoms with E-state index in [0.29, 0.717) is 13.1 Å². The lowest BCUT2D eigenvalue weighted by atomic mass is 10.1. The Morgan fingerprint density at radius 3 is 2.79 bits per heavy atom. The second kappa shape index (κ2) is 4.82. The molecule has 2 aromatic heterocycles. The Morgan fingerprint density at radius 1 is 1.32 bits per heavy atom. The summed E-state index contributed by atoms with van der Waals surface area (Å²) in [5.74, 6) is 0. The summed E-state index contributed by atoms with van der Waals surface area (Å²) >= 11 is 7.24. The van der Waals surface area contributed by atoms with Crippen molar-refractivity contribution in [2.24, 2.45) is 0 Å². The molecule has 8 heteroatoms. The summed E-state index contributed by atoms with van der Waals surface area (Å²) in [6.07, 6.45) is 3.24. The van der Waals surface area contributed by atoms with Gasteiger partial charge in [-0.15, -0.1) is 11.3 Å². The van der Waals surface area contributed by atoms with Crippen LogP contribution in [0.1, 0.15) is 10.4 Å². The zero-order valence-corrected chi connectivity index (χ0v) is 12.2. The van der Waals surface area contributed by atoms with Crippen LogP contribution < -0.4 is 0 Å². The van der Waals surface area contributed by atoms with Crippen LogP contribution in [0.2, 0.25) is 5.28 Å². The average Bonchev–Trinajstić information content (AvgIpc) is 2.86. The highest BCUT2D eigenvalue weighted by Crippen LogP contribution is 2.27. The third-order valence-electron chi connectivity index (χ3n) is 3.01. The number of nitrogens with zero attached hydrogens (tertiary/aromatic N) is 3. The Balaban J connectivity index is 1.92. The third-order valence-corrected chi connectivity index (χ3v) is 6.02. The van der Waals surface area contributed by atoms with Gasteiger partial charge in [0.05, 0.1) is 12.4 Å². The number of hydrogen-bond donors (Lipinski definition) is 0. The Labute approximate surface area is 119 Å². The average molecular weight is 316 g/mol. The van der Waals surface area contributed by atoms with E-state index < -0.39 is 10.0 Å². The van der Waals surface area contributed by atoms with Crippen LogP contribution in [0.15, 0.2) is 28.7 Å². The molecule has 0 N–H and O–H groups in total. The summed E-state index contributed by atoms with van der Waals surface area (Å²) in [7, 11) is -3.55. The molecule has 19 heavy (non-hydrogen) atoms. The van der Waals surface area contributed by atoms with Gasteiger partial charge >= 0.3 is 0 Å². The second-order valence-electron chi connectivity index (χ2n) is 4.15. The van der Waals surface area contributed by atoms with Crippen LogP contribution >= 0.6 is 22.9 Å². The van der Waals surface area contributed by atoms with E-state index in [4.69, 9.17) is 11.6 Å². The molecule has 0 saturated heterocycles. The van der Waals surface area contributed by atoms with E-state index in [1.165, 1.54) is 21.6 Å². The molecule has 100 valence electrons. The largest absolute Gasteiger partial charge is 0.246 e. The van der Waals surface area contributed by atoms with Gasteiger partial charge in [-0.25, -0.2) is 18.4 Å². The van der Waals surface area contributed by atoms with Crippen LogP contribution in [0.3, 0.4) is 0 Å². The van der Waals surface area contributed by atoms with Crippen molar-refractivity contribution in [3.63, 3.8) is 0 Å². The summed E-state index contributed by atoms with van der Waals surface area (Å²) in [4.78, 5) is 8.79. The molecule has 0 fully saturated rings. The predicted octanol–water partition coefficient (Wildman–Crippen LogP) is 1.94. The molecule has 0 atom stereocenters. The van der Waals surface area contributed by atoms with Gasteiger partial charge in [0.2, 0.25) is 15.3 Å². The fourth-order valence-electron chi connectivity index (χ4n) is 2.01. The number of sulfonamides is 1. The lowest BCUT2D eigenvalue weighted by Gasteiger charge is -2.25. The first-order valence-corrected chi connectivity index (χ1v) is 8.30. The zero-order chi connectivity index (χ0) is 13.5. The van der Waals surface area contributed by atoms with Crippen molar-refractivity contribution in [2.45, 2.75) is 17.9 Å². The Kier molecular flexibility index (Phi) is 3.30. The quantitative estimate of drug-likeness (QED) is 0.795. The Morgan fingerprint density at radius 2 is 2.05 bits per heavy atom. The molecular formula is C11H10ClN3O2S2. The van der Waals surface area contributed by atoms with Gasteiger partial charge in [-0.2, -0.15) is 4.31 Å². The van der Waals surface area contributed by atoms with Gasteiger partial charge < -0.3 is 0 Å². The summed E-state index contributed by atoms with van der Waals surface area (Å²) in [6, 6.07) is 1.97. The van der Waals surface area contributed by atoms with Crippen molar-refractivity contribution in [3.8, 4) is 0 Å². The maximum Gasteiger partial charge on any atom is 0.246 e. The van der Waals surface area contributed by atoms with Gasteiger partial charge in [0.25, 0.3) is 0 Å². The van der Waals surface area contributed by atoms with E-state index in [9.17, 15) is 8.42 Å². The van der Waals surface area contributed by atoms with Gasteiger partial charge in [-0.3, -0.25) is 0 Å². The number of aromatic nitrogens is 2. The molecule has 0 bridgehead atoms. The van der Waals surface area contributed by atoms with Crippen LogP contribution in [-0.2, 0) is 23.0 Å². The molecular weight excluding hydrogens is 306 g/mol. The van der Waals surface area contributed by atoms with Crippen molar-refractivity contribution in [2.75, 3.05) is 6.54 Å². The van der Waals surface area contributed by atoms with Gasteiger partial charge in [0.15, 0.2) is 0 Å². The second-order valence-corrected chi connectivity index (χ2v) is 7.42. The molecule has 0 aliphatic carbocycles. The molecule has 1 aliphatic rings. The highest BCUT2D eigenvalue weighted by atomic mass is 35.5. The molecule has 2 aromatic rings. The number of rotatable bonds is 2. The third kappa shape index (κ3) is 2.38. The van der Waals surface area contributed by atoms with E-state index in [0.717, 1.165) is 12.0 Å². The van der Waals surface area contributed by atoms with Gasteiger partial charge in [0.1, 0.15) is 4.90 Å². The van der Waals surface area contributed by atoms with E-state index in [1.807, 2.05) is 11.4 Å². The Hall–Kier alpha value is -1.02. The number of hydrogen-bond acceptors (Lipinski definition) is 5. The van der Waals surface area contributed by atoms with E-state index in [-0.39, 0.29) is 10.2 Å². The first-order chi connectivity index (χ1) is 9.07. The molecule has 0 spiro atoms. The number of thiophene rings is 1. The summed E-state index contributed by atoms with van der Waals surface area (Å²) in [5, 5.41) is 2.03. The lowest BCUT2D eigenvalue weighted by molar-refractivity contribution is 0.394. The van der Waals surface area contributed by atoms with Crippen molar-refractivity contribution in [1.29, 1.82) is 0 Å². The standard InChI is InChI=1S/C11H10ClN3O2S2/c12-11-13-5-9(6-14-11)19(16,17)15-3-1-10-8(7-15)2-4-18-10/h2,4-6H,1,3,7H2. The number of halogens is 1. The predicted molar refractivity (Wildman–Crippen MR) is 72.7 cm³/mol. The molecule has 3 heterocycles. The van der Waals surface area contributed by atoms with Gasteiger partial charge in [-0.05, 0) is 35.0 Å². The van der Waals surface area contributed by atoms with Crippen molar-refractivity contribution >= 4 is 33.0 Å². The minimum atomic E-state index is -3.55. The monoisotopic (exact) mass is 315 g/mol. The van der Waals surface area contributed by atoms with Crippen molar-refractivity contribution in [1.82, 2.24) is 14.3 Å². The highest BCUT2D eigenvalue weighted by Gasteiger charge is 2.29. The van der Waals surface area contributed by atoms with Crippen LogP contribution in [0.4, 0.5) is 0 Å². The Bertz CT molecular complexity index is 697. The molecule has 5 nitrogen and oxygen atoms in total. The van der Waals surface area contributed by atoms with Gasteiger partial charge in [-0.1, -0.05) is 0 Å². The van der Waals surface area contributed by atoms with Crippen molar-refractivity contribution in [3.05, 3.63) is 39.6 Å². The first kappa shape index (κ1) is 13.0. The highest BCUT2D eigenvalue weighted by molar-refractivity contribution is 7.89. The maximum absolute atomic E-state index is 12.4. The van der Waals surface area contributed by atoms with Crippen LogP contribution in [0, 0.1) is 0 Å². The van der Waals surface area contributed by atoms with E-state index in [1.54, 1.807) is 11.3 Å². The fourth-order valence-corrected chi connectivity index (χ4v) is 4.31. The lowest BCUT2D eigenvalue weighted by Crippen LogP contribution is -2.35. The zero-order valence-electron chi connectivity index (χ0n) is 9.78. The molecule has 0 saturated carbocycles. The summed E-state index contributed by atoms with van der Waals surface area (Å²) in [6.45, 7) is 0.891. The number of fused-ring (bicyclic) bond motifs is 1. The van der Waals surface area contributed by atoms with E-state index >= 15 is 0 Å². The van der Waals surface area contributed by atoms with Crippen LogP contribution in [0.5, 0.6) is 0 Å². The SMILES string of the molecule is O=S(=O)(c1cnc(Cl)nc1)N1CCc2sccc2C1. The molecule has 0 unspecified atom stereocenters. The minimum absolute atomic E-state index is 0.0396. The molecule has 0 amide bonds. The normalized spacial score (nSPS) is 16.3. The summed E-state index contributed by atoms with van der Waals surface area (Å²) in [5.41, 5.74) is 1.08. The maximum atomic E-state index is 12.4.